The van der Waals surface area contributed by atoms with Gasteiger partial charge in [0, 0.05) is 24.5 Å². The van der Waals surface area contributed by atoms with E-state index in [0.717, 1.165) is 15.4 Å². The molecule has 0 aromatic heterocycles. The Morgan fingerprint density at radius 1 is 0.864 bits per heavy atom. The number of ether oxygens (including phenoxy) is 1. The Labute approximate surface area is 264 Å². The van der Waals surface area contributed by atoms with Crippen molar-refractivity contribution in [3.8, 4) is 5.75 Å². The van der Waals surface area contributed by atoms with Gasteiger partial charge in [0.15, 0.2) is 0 Å². The second-order valence-electron chi connectivity index (χ2n) is 10.1. The molecule has 0 spiro atoms. The summed E-state index contributed by atoms with van der Waals surface area (Å²) in [6.45, 7) is 1.87. The molecule has 230 valence electrons. The molecule has 4 aromatic rings. The zero-order valence-electron chi connectivity index (χ0n) is 24.7. The predicted molar refractivity (Wildman–Crippen MR) is 173 cm³/mol. The Hall–Kier alpha value is -4.34. The van der Waals surface area contributed by atoms with Crippen LogP contribution in [0.4, 0.5) is 5.69 Å². The first-order valence-electron chi connectivity index (χ1n) is 14.3. The van der Waals surface area contributed by atoms with Crippen LogP contribution in [0, 0.1) is 0 Å². The first-order chi connectivity index (χ1) is 21.2. The molecule has 1 atom stereocenters. The molecule has 44 heavy (non-hydrogen) atoms. The van der Waals surface area contributed by atoms with E-state index in [1.165, 1.54) is 30.2 Å². The minimum atomic E-state index is -4.28. The number of carbonyl (C=O) groups is 2. The van der Waals surface area contributed by atoms with Crippen LogP contribution in [0.1, 0.15) is 24.5 Å². The van der Waals surface area contributed by atoms with E-state index in [1.807, 2.05) is 67.6 Å². The third-order valence-electron chi connectivity index (χ3n) is 7.04. The lowest BCUT2D eigenvalue weighted by Crippen LogP contribution is -2.53. The first-order valence-corrected chi connectivity index (χ1v) is 16.1. The van der Waals surface area contributed by atoms with Gasteiger partial charge >= 0.3 is 0 Å². The standard InChI is InChI=1S/C34H36ClN3O5S/c1-3-21-36-34(40)31(22-26-13-7-4-8-14-26)37(24-27-15-9-5-10-16-27)33(39)25-38(30-23-28(35)19-20-32(30)43-2)44(41,42)29-17-11-6-12-18-29/h4-20,23,31H,3,21-22,24-25H2,1-2H3,(H,36,40). The van der Waals surface area contributed by atoms with Crippen LogP contribution in [0.5, 0.6) is 5.75 Å². The zero-order valence-corrected chi connectivity index (χ0v) is 26.3. The fourth-order valence-electron chi connectivity index (χ4n) is 4.79. The molecule has 0 fully saturated rings. The third-order valence-corrected chi connectivity index (χ3v) is 9.04. The van der Waals surface area contributed by atoms with Crippen molar-refractivity contribution in [2.75, 3.05) is 24.5 Å². The van der Waals surface area contributed by atoms with Gasteiger partial charge in [0.25, 0.3) is 10.0 Å². The Morgan fingerprint density at radius 3 is 2.05 bits per heavy atom. The van der Waals surface area contributed by atoms with Crippen LogP contribution in [0.3, 0.4) is 0 Å². The SMILES string of the molecule is CCCNC(=O)C(Cc1ccccc1)N(Cc1ccccc1)C(=O)CN(c1cc(Cl)ccc1OC)S(=O)(=O)c1ccccc1. The maximum Gasteiger partial charge on any atom is 0.264 e. The van der Waals surface area contributed by atoms with Crippen LogP contribution >= 0.6 is 11.6 Å². The zero-order chi connectivity index (χ0) is 31.5. The number of nitrogens with one attached hydrogen (secondary N) is 1. The lowest BCUT2D eigenvalue weighted by molar-refractivity contribution is -0.140. The van der Waals surface area contributed by atoms with Gasteiger partial charge < -0.3 is 15.0 Å². The van der Waals surface area contributed by atoms with Gasteiger partial charge in [-0.05, 0) is 47.9 Å². The fraction of sp³-hybridized carbons (Fsp3) is 0.235. The quantitative estimate of drug-likeness (QED) is 0.192. The summed E-state index contributed by atoms with van der Waals surface area (Å²) in [7, 11) is -2.86. The Balaban J connectivity index is 1.82. The normalized spacial score (nSPS) is 11.8. The lowest BCUT2D eigenvalue weighted by atomic mass is 10.0. The van der Waals surface area contributed by atoms with Gasteiger partial charge in [-0.15, -0.1) is 0 Å². The van der Waals surface area contributed by atoms with E-state index in [0.29, 0.717) is 13.0 Å². The number of carbonyl (C=O) groups excluding carboxylic acids is 2. The molecular formula is C34H36ClN3O5S. The number of hydrogen-bond donors (Lipinski definition) is 1. The summed E-state index contributed by atoms with van der Waals surface area (Å²) in [4.78, 5) is 29.6. The molecule has 4 aromatic carbocycles. The maximum absolute atomic E-state index is 14.5. The van der Waals surface area contributed by atoms with Crippen LogP contribution in [0.15, 0.2) is 114 Å². The Bertz CT molecular complexity index is 1640. The van der Waals surface area contributed by atoms with Crippen molar-refractivity contribution in [1.82, 2.24) is 10.2 Å². The maximum atomic E-state index is 14.5. The molecule has 0 saturated carbocycles. The second kappa shape index (κ2) is 15.4. The number of sulfonamides is 1. The highest BCUT2D eigenvalue weighted by Crippen LogP contribution is 2.35. The minimum Gasteiger partial charge on any atom is -0.495 e. The van der Waals surface area contributed by atoms with Gasteiger partial charge in [-0.2, -0.15) is 0 Å². The highest BCUT2D eigenvalue weighted by molar-refractivity contribution is 7.92. The molecule has 1 N–H and O–H groups in total. The van der Waals surface area contributed by atoms with E-state index in [9.17, 15) is 18.0 Å². The number of halogens is 1. The molecular weight excluding hydrogens is 598 g/mol. The van der Waals surface area contributed by atoms with Crippen molar-refractivity contribution in [2.24, 2.45) is 0 Å². The molecule has 10 heteroatoms. The minimum absolute atomic E-state index is 0.00837. The molecule has 0 aliphatic rings. The highest BCUT2D eigenvalue weighted by Gasteiger charge is 2.35. The van der Waals surface area contributed by atoms with Crippen LogP contribution in [-0.4, -0.2) is 51.4 Å². The summed E-state index contributed by atoms with van der Waals surface area (Å²) >= 11 is 6.33. The molecule has 8 nitrogen and oxygen atoms in total. The molecule has 0 aliphatic carbocycles. The summed E-state index contributed by atoms with van der Waals surface area (Å²) in [5.74, 6) is -0.668. The number of rotatable bonds is 14. The van der Waals surface area contributed by atoms with E-state index in [-0.39, 0.29) is 40.2 Å². The van der Waals surface area contributed by atoms with Gasteiger partial charge in [0.2, 0.25) is 11.8 Å². The van der Waals surface area contributed by atoms with Crippen LogP contribution in [-0.2, 0) is 32.6 Å². The number of benzene rings is 4. The van der Waals surface area contributed by atoms with Crippen molar-refractivity contribution in [1.29, 1.82) is 0 Å². The van der Waals surface area contributed by atoms with E-state index in [2.05, 4.69) is 5.32 Å². The third kappa shape index (κ3) is 8.18. The van der Waals surface area contributed by atoms with Gasteiger partial charge in [-0.3, -0.25) is 13.9 Å². The van der Waals surface area contributed by atoms with Crippen LogP contribution in [0.25, 0.3) is 0 Å². The molecule has 0 heterocycles. The number of anilines is 1. The Kier molecular flexibility index (Phi) is 11.4. The smallest absolute Gasteiger partial charge is 0.264 e. The van der Waals surface area contributed by atoms with E-state index in [4.69, 9.17) is 16.3 Å². The number of nitrogens with zero attached hydrogens (tertiary/aromatic N) is 2. The van der Waals surface area contributed by atoms with Gasteiger partial charge in [-0.1, -0.05) is 97.4 Å². The molecule has 0 saturated heterocycles. The summed E-state index contributed by atoms with van der Waals surface area (Å²) < 4.78 is 34.8. The van der Waals surface area contributed by atoms with Gasteiger partial charge in [-0.25, -0.2) is 8.42 Å². The molecule has 0 bridgehead atoms. The fourth-order valence-corrected chi connectivity index (χ4v) is 6.40. The molecule has 0 radical (unpaired) electrons. The Morgan fingerprint density at radius 2 is 1.45 bits per heavy atom. The van der Waals surface area contributed by atoms with Crippen molar-refractivity contribution in [3.63, 3.8) is 0 Å². The molecule has 2 amide bonds. The summed E-state index contributed by atoms with van der Waals surface area (Å²) in [5, 5.41) is 3.21. The van der Waals surface area contributed by atoms with Crippen molar-refractivity contribution in [2.45, 2.75) is 37.2 Å². The molecule has 0 aliphatic heterocycles. The summed E-state index contributed by atoms with van der Waals surface area (Å²) in [5.41, 5.74) is 1.76. The van der Waals surface area contributed by atoms with Crippen molar-refractivity contribution < 1.29 is 22.7 Å². The average Bonchev–Trinajstić information content (AvgIpc) is 3.05. The van der Waals surface area contributed by atoms with Crippen molar-refractivity contribution in [3.05, 3.63) is 125 Å². The molecule has 1 unspecified atom stereocenters. The largest absolute Gasteiger partial charge is 0.495 e. The van der Waals surface area contributed by atoms with Crippen LogP contribution in [0.2, 0.25) is 5.02 Å². The lowest BCUT2D eigenvalue weighted by Gasteiger charge is -2.34. The summed E-state index contributed by atoms with van der Waals surface area (Å²) in [6, 6.07) is 30.2. The van der Waals surface area contributed by atoms with Crippen molar-refractivity contribution >= 4 is 39.1 Å². The van der Waals surface area contributed by atoms with E-state index >= 15 is 0 Å². The van der Waals surface area contributed by atoms with Gasteiger partial charge in [0.05, 0.1) is 17.7 Å². The number of amides is 2. The first kappa shape index (κ1) is 32.6. The predicted octanol–water partition coefficient (Wildman–Crippen LogP) is 5.71. The van der Waals surface area contributed by atoms with Gasteiger partial charge in [0.1, 0.15) is 18.3 Å². The number of hydrogen-bond acceptors (Lipinski definition) is 5. The number of methoxy groups -OCH3 is 1. The molecule has 4 rings (SSSR count). The topological polar surface area (TPSA) is 96.0 Å². The van der Waals surface area contributed by atoms with Crippen LogP contribution < -0.4 is 14.4 Å². The summed E-state index contributed by atoms with van der Waals surface area (Å²) in [6.07, 6.45) is 0.953. The average molecular weight is 634 g/mol. The van der Waals surface area contributed by atoms with E-state index in [1.54, 1.807) is 30.3 Å². The highest BCUT2D eigenvalue weighted by atomic mass is 35.5. The second-order valence-corrected chi connectivity index (χ2v) is 12.4. The van der Waals surface area contributed by atoms with E-state index < -0.39 is 28.5 Å². The monoisotopic (exact) mass is 633 g/mol.